The molecule has 7 nitrogen and oxygen atoms in total. The van der Waals surface area contributed by atoms with Crippen molar-refractivity contribution in [3.8, 4) is 17.1 Å². The maximum absolute atomic E-state index is 12.6. The van der Waals surface area contributed by atoms with Crippen LogP contribution >= 0.6 is 27.5 Å². The van der Waals surface area contributed by atoms with Crippen LogP contribution < -0.4 is 10.1 Å². The molecule has 144 valence electrons. The van der Waals surface area contributed by atoms with Gasteiger partial charge in [0.05, 0.1) is 10.5 Å². The van der Waals surface area contributed by atoms with Gasteiger partial charge >= 0.3 is 0 Å². The second-order valence-electron chi connectivity index (χ2n) is 6.58. The van der Waals surface area contributed by atoms with E-state index in [1.807, 2.05) is 28.9 Å². The molecule has 1 aliphatic carbocycles. The van der Waals surface area contributed by atoms with E-state index in [9.17, 15) is 4.79 Å². The van der Waals surface area contributed by atoms with Gasteiger partial charge in [0.2, 0.25) is 0 Å². The van der Waals surface area contributed by atoms with Crippen LogP contribution in [0, 0.1) is 0 Å². The van der Waals surface area contributed by atoms with Crippen molar-refractivity contribution in [3.63, 3.8) is 0 Å². The number of benzene rings is 2. The number of hydrogen-bond donors (Lipinski definition) is 1. The Bertz CT molecular complexity index is 1020. The van der Waals surface area contributed by atoms with Crippen molar-refractivity contribution in [2.75, 3.05) is 5.32 Å². The third kappa shape index (κ3) is 4.18. The zero-order valence-corrected chi connectivity index (χ0v) is 17.3. The molecule has 0 spiro atoms. The minimum Gasteiger partial charge on any atom is -0.480 e. The normalized spacial score (nSPS) is 14.5. The van der Waals surface area contributed by atoms with Crippen LogP contribution in [0.4, 0.5) is 5.69 Å². The van der Waals surface area contributed by atoms with E-state index in [-0.39, 0.29) is 5.91 Å². The lowest BCUT2D eigenvalue weighted by Crippen LogP contribution is -2.30. The van der Waals surface area contributed by atoms with E-state index in [1.54, 1.807) is 25.1 Å². The van der Waals surface area contributed by atoms with E-state index >= 15 is 0 Å². The number of ether oxygens (including phenoxy) is 1. The first-order valence-electron chi connectivity index (χ1n) is 8.82. The van der Waals surface area contributed by atoms with Gasteiger partial charge in [0.25, 0.3) is 5.91 Å². The first kappa shape index (κ1) is 18.9. The lowest BCUT2D eigenvalue weighted by molar-refractivity contribution is -0.122. The van der Waals surface area contributed by atoms with Crippen molar-refractivity contribution >= 4 is 39.1 Å². The fraction of sp³-hybridized carbons (Fsp3) is 0.263. The SMILES string of the molecule is CC(Oc1ccc(Cl)cc1Br)C(=O)Nc1cccc(-c2nnnn2C2CC2)c1. The van der Waals surface area contributed by atoms with Gasteiger partial charge in [0, 0.05) is 16.3 Å². The molecule has 0 bridgehead atoms. The highest BCUT2D eigenvalue weighted by Crippen LogP contribution is 2.36. The Kier molecular flexibility index (Phi) is 5.32. The molecule has 1 amide bonds. The largest absolute Gasteiger partial charge is 0.480 e. The van der Waals surface area contributed by atoms with Crippen LogP contribution in [0.3, 0.4) is 0 Å². The first-order valence-corrected chi connectivity index (χ1v) is 9.99. The number of hydrogen-bond acceptors (Lipinski definition) is 5. The molecule has 2 aromatic carbocycles. The van der Waals surface area contributed by atoms with Crippen molar-refractivity contribution in [2.45, 2.75) is 31.9 Å². The Hall–Kier alpha value is -2.45. The van der Waals surface area contributed by atoms with Crippen LogP contribution in [-0.2, 0) is 4.79 Å². The lowest BCUT2D eigenvalue weighted by atomic mass is 10.2. The Labute approximate surface area is 175 Å². The van der Waals surface area contributed by atoms with E-state index < -0.39 is 6.10 Å². The Morgan fingerprint density at radius 2 is 2.14 bits per heavy atom. The molecule has 0 aliphatic heterocycles. The van der Waals surface area contributed by atoms with Crippen LogP contribution in [0.25, 0.3) is 11.4 Å². The van der Waals surface area contributed by atoms with E-state index in [4.69, 9.17) is 16.3 Å². The number of anilines is 1. The third-order valence-corrected chi connectivity index (χ3v) is 5.20. The van der Waals surface area contributed by atoms with Crippen molar-refractivity contribution in [1.29, 1.82) is 0 Å². The molecule has 0 radical (unpaired) electrons. The van der Waals surface area contributed by atoms with E-state index in [1.165, 1.54) is 0 Å². The minimum atomic E-state index is -0.696. The number of nitrogens with one attached hydrogen (secondary N) is 1. The summed E-state index contributed by atoms with van der Waals surface area (Å²) in [6, 6.07) is 13.0. The van der Waals surface area contributed by atoms with Crippen LogP contribution in [0.1, 0.15) is 25.8 Å². The number of amides is 1. The van der Waals surface area contributed by atoms with Crippen LogP contribution in [0.15, 0.2) is 46.9 Å². The molecular weight excluding hydrogens is 446 g/mol. The van der Waals surface area contributed by atoms with Crippen LogP contribution in [-0.4, -0.2) is 32.2 Å². The van der Waals surface area contributed by atoms with E-state index in [0.717, 1.165) is 18.4 Å². The number of halogens is 2. The van der Waals surface area contributed by atoms with Gasteiger partial charge in [-0.05, 0) is 76.5 Å². The maximum atomic E-state index is 12.6. The Morgan fingerprint density at radius 1 is 1.32 bits per heavy atom. The molecule has 1 fully saturated rings. The number of rotatable bonds is 6. The molecule has 0 saturated heterocycles. The fourth-order valence-corrected chi connectivity index (χ4v) is 3.52. The number of carbonyl (C=O) groups is 1. The summed E-state index contributed by atoms with van der Waals surface area (Å²) in [5.74, 6) is 0.984. The quantitative estimate of drug-likeness (QED) is 0.583. The lowest BCUT2D eigenvalue weighted by Gasteiger charge is -2.16. The van der Waals surface area contributed by atoms with Crippen molar-refractivity contribution in [3.05, 3.63) is 52.0 Å². The summed E-state index contributed by atoms with van der Waals surface area (Å²) in [7, 11) is 0. The molecule has 1 N–H and O–H groups in total. The summed E-state index contributed by atoms with van der Waals surface area (Å²) in [5, 5.41) is 15.4. The average molecular weight is 463 g/mol. The molecule has 1 aromatic heterocycles. The second-order valence-corrected chi connectivity index (χ2v) is 7.87. The predicted octanol–water partition coefficient (Wildman–Crippen LogP) is 4.50. The highest BCUT2D eigenvalue weighted by atomic mass is 79.9. The standard InChI is InChI=1S/C19H17BrClN5O2/c1-11(28-17-8-5-13(21)10-16(17)20)19(27)22-14-4-2-3-12(9-14)18-23-24-25-26(18)15-6-7-15/h2-5,8-11,15H,6-7H2,1H3,(H,22,27). The molecule has 1 atom stereocenters. The van der Waals surface area contributed by atoms with Crippen molar-refractivity contribution < 1.29 is 9.53 Å². The minimum absolute atomic E-state index is 0.263. The molecular formula is C19H17BrClN5O2. The summed E-state index contributed by atoms with van der Waals surface area (Å²) in [5.41, 5.74) is 1.50. The third-order valence-electron chi connectivity index (χ3n) is 4.34. The van der Waals surface area contributed by atoms with Gasteiger partial charge in [-0.25, -0.2) is 4.68 Å². The maximum Gasteiger partial charge on any atom is 0.265 e. The van der Waals surface area contributed by atoms with Gasteiger partial charge in [-0.15, -0.1) is 5.10 Å². The topological polar surface area (TPSA) is 81.9 Å². The van der Waals surface area contributed by atoms with Gasteiger partial charge in [-0.3, -0.25) is 4.79 Å². The van der Waals surface area contributed by atoms with Gasteiger partial charge in [-0.2, -0.15) is 0 Å². The first-order chi connectivity index (χ1) is 13.5. The number of nitrogens with zero attached hydrogens (tertiary/aromatic N) is 4. The molecule has 1 heterocycles. The number of aromatic nitrogens is 4. The summed E-state index contributed by atoms with van der Waals surface area (Å²) in [6.07, 6.45) is 1.48. The molecule has 28 heavy (non-hydrogen) atoms. The molecule has 9 heteroatoms. The number of tetrazole rings is 1. The molecule has 1 unspecified atom stereocenters. The number of carbonyl (C=O) groups excluding carboxylic acids is 1. The van der Waals surface area contributed by atoms with Gasteiger partial charge < -0.3 is 10.1 Å². The van der Waals surface area contributed by atoms with Gasteiger partial charge in [-0.1, -0.05) is 23.7 Å². The van der Waals surface area contributed by atoms with Crippen LogP contribution in [0.5, 0.6) is 5.75 Å². The fourth-order valence-electron chi connectivity index (χ4n) is 2.74. The molecule has 1 saturated carbocycles. The van der Waals surface area contributed by atoms with Crippen molar-refractivity contribution in [2.24, 2.45) is 0 Å². The van der Waals surface area contributed by atoms with E-state index in [2.05, 4.69) is 36.8 Å². The van der Waals surface area contributed by atoms with Crippen LogP contribution in [0.2, 0.25) is 5.02 Å². The average Bonchev–Trinajstić information content (AvgIpc) is 3.40. The molecule has 4 rings (SSSR count). The molecule has 3 aromatic rings. The summed E-state index contributed by atoms with van der Waals surface area (Å²) in [6.45, 7) is 1.69. The van der Waals surface area contributed by atoms with E-state index in [0.29, 0.717) is 32.8 Å². The van der Waals surface area contributed by atoms with Gasteiger partial charge in [0.15, 0.2) is 11.9 Å². The van der Waals surface area contributed by atoms with Gasteiger partial charge in [0.1, 0.15) is 5.75 Å². The Morgan fingerprint density at radius 3 is 2.89 bits per heavy atom. The highest BCUT2D eigenvalue weighted by Gasteiger charge is 2.28. The summed E-state index contributed by atoms with van der Waals surface area (Å²) in [4.78, 5) is 12.6. The zero-order valence-electron chi connectivity index (χ0n) is 15.0. The predicted molar refractivity (Wildman–Crippen MR) is 109 cm³/mol. The Balaban J connectivity index is 1.46. The molecule has 1 aliphatic rings. The van der Waals surface area contributed by atoms with Crippen molar-refractivity contribution in [1.82, 2.24) is 20.2 Å². The smallest absolute Gasteiger partial charge is 0.265 e. The highest BCUT2D eigenvalue weighted by molar-refractivity contribution is 9.10. The monoisotopic (exact) mass is 461 g/mol. The summed E-state index contributed by atoms with van der Waals surface area (Å²) < 4.78 is 8.27. The summed E-state index contributed by atoms with van der Waals surface area (Å²) >= 11 is 9.32. The second kappa shape index (κ2) is 7.89. The zero-order chi connectivity index (χ0) is 19.7.